The van der Waals surface area contributed by atoms with Crippen LogP contribution in [0, 0.1) is 0 Å². The average Bonchev–Trinajstić information content (AvgIpc) is 2.33. The Kier molecular flexibility index (Phi) is 3.74. The molecule has 88 valence electrons. The van der Waals surface area contributed by atoms with Gasteiger partial charge in [-0.25, -0.2) is 4.98 Å². The average molecular weight is 221 g/mol. The van der Waals surface area contributed by atoms with Crippen molar-refractivity contribution in [2.75, 3.05) is 40.3 Å². The maximum atomic E-state index is 5.26. The number of aromatic nitrogens is 1. The molecule has 1 saturated heterocycles. The highest BCUT2D eigenvalue weighted by atomic mass is 16.5. The first-order valence-corrected chi connectivity index (χ1v) is 5.68. The predicted octanol–water partition coefficient (Wildman–Crippen LogP) is 0.838. The van der Waals surface area contributed by atoms with Crippen LogP contribution in [-0.2, 0) is 6.54 Å². The Hall–Kier alpha value is -1.13. The third-order valence-corrected chi connectivity index (χ3v) is 3.03. The van der Waals surface area contributed by atoms with Crippen molar-refractivity contribution < 1.29 is 4.74 Å². The van der Waals surface area contributed by atoms with Crippen LogP contribution < -0.4 is 4.74 Å². The fraction of sp³-hybridized carbons (Fsp3) is 0.583. The van der Waals surface area contributed by atoms with Crippen LogP contribution in [0.25, 0.3) is 0 Å². The van der Waals surface area contributed by atoms with Crippen LogP contribution in [0.1, 0.15) is 5.56 Å². The van der Waals surface area contributed by atoms with Crippen LogP contribution in [0.2, 0.25) is 0 Å². The molecule has 16 heavy (non-hydrogen) atoms. The Bertz CT molecular complexity index is 335. The third-order valence-electron chi connectivity index (χ3n) is 3.03. The quantitative estimate of drug-likeness (QED) is 0.756. The van der Waals surface area contributed by atoms with Crippen molar-refractivity contribution in [2.24, 2.45) is 0 Å². The molecule has 2 rings (SSSR count). The van der Waals surface area contributed by atoms with Crippen molar-refractivity contribution in [2.45, 2.75) is 6.54 Å². The Balaban J connectivity index is 1.98. The molecule has 2 heterocycles. The number of ether oxygens (including phenoxy) is 1. The molecule has 0 amide bonds. The first-order valence-electron chi connectivity index (χ1n) is 5.68. The summed E-state index contributed by atoms with van der Waals surface area (Å²) in [4.78, 5) is 9.02. The van der Waals surface area contributed by atoms with Crippen LogP contribution in [0.15, 0.2) is 18.3 Å². The molecule has 1 aromatic heterocycles. The fourth-order valence-corrected chi connectivity index (χ4v) is 1.98. The molecule has 0 unspecified atom stereocenters. The zero-order valence-corrected chi connectivity index (χ0v) is 10.0. The minimum absolute atomic E-state index is 0.751. The van der Waals surface area contributed by atoms with Gasteiger partial charge in [0.05, 0.1) is 7.11 Å². The van der Waals surface area contributed by atoms with Crippen molar-refractivity contribution in [3.05, 3.63) is 23.9 Å². The van der Waals surface area contributed by atoms with Gasteiger partial charge < -0.3 is 9.64 Å². The molecule has 0 N–H and O–H groups in total. The van der Waals surface area contributed by atoms with Gasteiger partial charge in [0, 0.05) is 44.5 Å². The van der Waals surface area contributed by atoms with Gasteiger partial charge in [-0.1, -0.05) is 6.07 Å². The summed E-state index contributed by atoms with van der Waals surface area (Å²) in [5.41, 5.74) is 1.18. The minimum atomic E-state index is 0.751. The molecule has 0 aliphatic carbocycles. The Morgan fingerprint density at radius 1 is 1.31 bits per heavy atom. The molecule has 1 aromatic rings. The first-order chi connectivity index (χ1) is 7.79. The highest BCUT2D eigenvalue weighted by Gasteiger charge is 2.15. The lowest BCUT2D eigenvalue weighted by Gasteiger charge is -2.32. The molecule has 1 fully saturated rings. The maximum Gasteiger partial charge on any atom is 0.217 e. The summed E-state index contributed by atoms with van der Waals surface area (Å²) >= 11 is 0. The van der Waals surface area contributed by atoms with E-state index in [0.717, 1.165) is 38.6 Å². The van der Waals surface area contributed by atoms with Gasteiger partial charge in [0.2, 0.25) is 5.88 Å². The predicted molar refractivity (Wildman–Crippen MR) is 63.6 cm³/mol. The van der Waals surface area contributed by atoms with Crippen molar-refractivity contribution in [3.63, 3.8) is 0 Å². The van der Waals surface area contributed by atoms with E-state index in [1.165, 1.54) is 5.56 Å². The molecular weight excluding hydrogens is 202 g/mol. The summed E-state index contributed by atoms with van der Waals surface area (Å²) in [5, 5.41) is 0. The van der Waals surface area contributed by atoms with Crippen molar-refractivity contribution in [1.82, 2.24) is 14.8 Å². The number of hydrogen-bond acceptors (Lipinski definition) is 4. The lowest BCUT2D eigenvalue weighted by atomic mass is 10.2. The Labute approximate surface area is 96.8 Å². The smallest absolute Gasteiger partial charge is 0.217 e. The molecule has 1 aliphatic rings. The molecule has 4 nitrogen and oxygen atoms in total. The number of hydrogen-bond donors (Lipinski definition) is 0. The van der Waals surface area contributed by atoms with Gasteiger partial charge in [-0.15, -0.1) is 0 Å². The second-order valence-corrected chi connectivity index (χ2v) is 4.25. The Morgan fingerprint density at radius 2 is 2.06 bits per heavy atom. The number of pyridine rings is 1. The van der Waals surface area contributed by atoms with Gasteiger partial charge in [0.15, 0.2) is 0 Å². The molecule has 0 bridgehead atoms. The monoisotopic (exact) mass is 221 g/mol. The third kappa shape index (κ3) is 2.71. The van der Waals surface area contributed by atoms with E-state index in [9.17, 15) is 0 Å². The van der Waals surface area contributed by atoms with Crippen molar-refractivity contribution in [3.8, 4) is 5.88 Å². The first kappa shape index (κ1) is 11.4. The summed E-state index contributed by atoms with van der Waals surface area (Å²) in [6.07, 6.45) is 1.77. The van der Waals surface area contributed by atoms with E-state index in [-0.39, 0.29) is 0 Å². The fourth-order valence-electron chi connectivity index (χ4n) is 1.98. The van der Waals surface area contributed by atoms with Crippen LogP contribution >= 0.6 is 0 Å². The number of likely N-dealkylation sites (N-methyl/N-ethyl adjacent to an activating group) is 1. The van der Waals surface area contributed by atoms with Gasteiger partial charge >= 0.3 is 0 Å². The molecule has 0 atom stereocenters. The number of piperazine rings is 1. The van der Waals surface area contributed by atoms with Crippen molar-refractivity contribution >= 4 is 0 Å². The lowest BCUT2D eigenvalue weighted by molar-refractivity contribution is 0.147. The molecule has 0 spiro atoms. The van der Waals surface area contributed by atoms with E-state index >= 15 is 0 Å². The lowest BCUT2D eigenvalue weighted by Crippen LogP contribution is -2.43. The second-order valence-electron chi connectivity index (χ2n) is 4.25. The maximum absolute atomic E-state index is 5.26. The summed E-state index contributed by atoms with van der Waals surface area (Å²) in [6.45, 7) is 5.46. The summed E-state index contributed by atoms with van der Waals surface area (Å²) < 4.78 is 5.26. The van der Waals surface area contributed by atoms with Crippen LogP contribution in [0.5, 0.6) is 5.88 Å². The van der Waals surface area contributed by atoms with E-state index in [4.69, 9.17) is 4.74 Å². The molecule has 0 saturated carbocycles. The van der Waals surface area contributed by atoms with Gasteiger partial charge in [-0.3, -0.25) is 4.90 Å². The van der Waals surface area contributed by atoms with Crippen LogP contribution in [0.4, 0.5) is 0 Å². The largest absolute Gasteiger partial charge is 0.481 e. The molecule has 0 aromatic carbocycles. The molecular formula is C12H19N3O. The van der Waals surface area contributed by atoms with E-state index < -0.39 is 0 Å². The zero-order chi connectivity index (χ0) is 11.4. The summed E-state index contributed by atoms with van der Waals surface area (Å²) in [5.74, 6) is 0.751. The van der Waals surface area contributed by atoms with Gasteiger partial charge in [-0.2, -0.15) is 0 Å². The van der Waals surface area contributed by atoms with Gasteiger partial charge in [0.1, 0.15) is 0 Å². The number of nitrogens with zero attached hydrogens (tertiary/aromatic N) is 3. The SMILES string of the molecule is COc1ncccc1CN1CCN(C)CC1. The van der Waals surface area contributed by atoms with E-state index in [1.807, 2.05) is 6.07 Å². The van der Waals surface area contributed by atoms with Gasteiger partial charge in [0.25, 0.3) is 0 Å². The molecule has 1 aliphatic heterocycles. The molecule has 4 heteroatoms. The summed E-state index contributed by atoms with van der Waals surface area (Å²) in [7, 11) is 3.85. The van der Waals surface area contributed by atoms with Gasteiger partial charge in [-0.05, 0) is 13.1 Å². The standard InChI is InChI=1S/C12H19N3O/c1-14-6-8-15(9-7-14)10-11-4-3-5-13-12(11)16-2/h3-5H,6-10H2,1-2H3. The van der Waals surface area contributed by atoms with E-state index in [0.29, 0.717) is 0 Å². The zero-order valence-electron chi connectivity index (χ0n) is 10.0. The highest BCUT2D eigenvalue weighted by molar-refractivity contribution is 5.25. The topological polar surface area (TPSA) is 28.6 Å². The van der Waals surface area contributed by atoms with E-state index in [2.05, 4.69) is 27.9 Å². The molecule has 0 radical (unpaired) electrons. The number of rotatable bonds is 3. The van der Waals surface area contributed by atoms with E-state index in [1.54, 1.807) is 13.3 Å². The number of methoxy groups -OCH3 is 1. The normalized spacial score (nSPS) is 18.6. The summed E-state index contributed by atoms with van der Waals surface area (Å²) in [6, 6.07) is 4.05. The second kappa shape index (κ2) is 5.27. The Morgan fingerprint density at radius 3 is 2.75 bits per heavy atom. The van der Waals surface area contributed by atoms with Crippen molar-refractivity contribution in [1.29, 1.82) is 0 Å². The minimum Gasteiger partial charge on any atom is -0.481 e. The van der Waals surface area contributed by atoms with Crippen LogP contribution in [-0.4, -0.2) is 55.1 Å². The van der Waals surface area contributed by atoms with Crippen LogP contribution in [0.3, 0.4) is 0 Å². The highest BCUT2D eigenvalue weighted by Crippen LogP contribution is 2.16.